The zero-order valence-electron chi connectivity index (χ0n) is 27.2. The van der Waals surface area contributed by atoms with Crippen LogP contribution in [0.5, 0.6) is 0 Å². The monoisotopic (exact) mass is 596 g/mol. The van der Waals surface area contributed by atoms with E-state index < -0.39 is 0 Å². The summed E-state index contributed by atoms with van der Waals surface area (Å²) in [7, 11) is 0. The fourth-order valence-corrected chi connectivity index (χ4v) is 6.53. The number of rotatable bonds is 8. The molecule has 0 bridgehead atoms. The quantitative estimate of drug-likeness (QED) is 0.127. The van der Waals surface area contributed by atoms with Crippen LogP contribution in [0.15, 0.2) is 146 Å². The molecule has 2 nitrogen and oxygen atoms in total. The molecule has 0 amide bonds. The van der Waals surface area contributed by atoms with E-state index >= 15 is 0 Å². The Hall–Kier alpha value is -5.34. The lowest BCUT2D eigenvalue weighted by atomic mass is 9.95. The minimum Gasteiger partial charge on any atom is -0.309 e. The molecule has 7 rings (SSSR count). The van der Waals surface area contributed by atoms with Gasteiger partial charge in [0.1, 0.15) is 0 Å². The Morgan fingerprint density at radius 3 is 0.870 bits per heavy atom. The molecular weight excluding hydrogens is 556 g/mol. The molecule has 0 fully saturated rings. The molecule has 226 valence electrons. The number of aryl methyl sites for hydroxylation is 4. The van der Waals surface area contributed by atoms with Gasteiger partial charge in [-0.1, -0.05) is 122 Å². The number of hydrogen-bond acceptors (Lipinski definition) is 2. The van der Waals surface area contributed by atoms with Crippen molar-refractivity contribution in [1.82, 2.24) is 0 Å². The van der Waals surface area contributed by atoms with Crippen LogP contribution in [0.2, 0.25) is 0 Å². The topological polar surface area (TPSA) is 6.48 Å². The van der Waals surface area contributed by atoms with Gasteiger partial charge < -0.3 is 9.80 Å². The third kappa shape index (κ3) is 5.41. The molecule has 7 aromatic carbocycles. The second-order valence-electron chi connectivity index (χ2n) is 12.2. The van der Waals surface area contributed by atoms with Gasteiger partial charge in [-0.05, 0) is 86.3 Å². The zero-order valence-corrected chi connectivity index (χ0v) is 27.2. The summed E-state index contributed by atoms with van der Waals surface area (Å²) in [6, 6.07) is 53.8. The maximum atomic E-state index is 2.44. The van der Waals surface area contributed by atoms with Crippen LogP contribution in [-0.2, 0) is 12.8 Å². The highest BCUT2D eigenvalue weighted by Gasteiger charge is 2.25. The summed E-state index contributed by atoms with van der Waals surface area (Å²) in [5.41, 5.74) is 12.1. The molecule has 0 aliphatic carbocycles. The lowest BCUT2D eigenvalue weighted by molar-refractivity contribution is 1.14. The van der Waals surface area contributed by atoms with Crippen LogP contribution in [0.25, 0.3) is 21.5 Å². The van der Waals surface area contributed by atoms with Gasteiger partial charge in [-0.15, -0.1) is 0 Å². The molecule has 46 heavy (non-hydrogen) atoms. The SMILES string of the molecule is CCc1ccc(N(c2ccc(C)cc2)c2c3ccccc3c(N(c3ccc(C)cc3)c3ccc(CC)cc3)c3ccccc23)cc1. The standard InChI is InChI=1S/C44H40N2/c1-5-33-19-27-37(28-20-33)45(35-23-15-31(3)16-24-35)43-39-11-7-9-13-41(39)44(42-14-10-8-12-40(42)43)46(36-25-17-32(4)18-26-36)38-29-21-34(6-2)22-30-38/h7-30H,5-6H2,1-4H3. The summed E-state index contributed by atoms with van der Waals surface area (Å²) in [6.07, 6.45) is 2.03. The first-order valence-electron chi connectivity index (χ1n) is 16.4. The lowest BCUT2D eigenvalue weighted by Gasteiger charge is -2.33. The Morgan fingerprint density at radius 2 is 0.609 bits per heavy atom. The normalized spacial score (nSPS) is 11.2. The Kier molecular flexibility index (Phi) is 8.03. The zero-order chi connectivity index (χ0) is 31.6. The fourth-order valence-electron chi connectivity index (χ4n) is 6.53. The minimum absolute atomic E-state index is 1.01. The number of anilines is 6. The van der Waals surface area contributed by atoms with Crippen molar-refractivity contribution in [2.24, 2.45) is 0 Å². The summed E-state index contributed by atoms with van der Waals surface area (Å²) in [4.78, 5) is 4.89. The van der Waals surface area contributed by atoms with Gasteiger partial charge in [-0.3, -0.25) is 0 Å². The van der Waals surface area contributed by atoms with Gasteiger partial charge in [0.25, 0.3) is 0 Å². The maximum Gasteiger partial charge on any atom is 0.0619 e. The number of fused-ring (bicyclic) bond motifs is 2. The van der Waals surface area contributed by atoms with Crippen LogP contribution < -0.4 is 9.80 Å². The van der Waals surface area contributed by atoms with E-state index in [9.17, 15) is 0 Å². The Bertz CT molecular complexity index is 1900. The Balaban J connectivity index is 1.58. The maximum absolute atomic E-state index is 2.44. The first-order valence-corrected chi connectivity index (χ1v) is 16.4. The average molecular weight is 597 g/mol. The van der Waals surface area contributed by atoms with E-state index in [0.717, 1.165) is 35.6 Å². The van der Waals surface area contributed by atoms with Crippen molar-refractivity contribution >= 4 is 55.7 Å². The van der Waals surface area contributed by atoms with Gasteiger partial charge in [0.2, 0.25) is 0 Å². The molecule has 7 aromatic rings. The van der Waals surface area contributed by atoms with Gasteiger partial charge in [0.05, 0.1) is 11.4 Å². The largest absolute Gasteiger partial charge is 0.309 e. The van der Waals surface area contributed by atoms with Crippen LogP contribution in [0.1, 0.15) is 36.1 Å². The number of benzene rings is 7. The van der Waals surface area contributed by atoms with Crippen molar-refractivity contribution in [2.45, 2.75) is 40.5 Å². The molecule has 0 saturated carbocycles. The third-order valence-corrected chi connectivity index (χ3v) is 9.11. The summed E-state index contributed by atoms with van der Waals surface area (Å²) < 4.78 is 0. The molecule has 0 unspecified atom stereocenters. The van der Waals surface area contributed by atoms with Crippen LogP contribution in [0.4, 0.5) is 34.1 Å². The van der Waals surface area contributed by atoms with Crippen LogP contribution in [0, 0.1) is 13.8 Å². The van der Waals surface area contributed by atoms with Gasteiger partial charge in [0, 0.05) is 44.3 Å². The smallest absolute Gasteiger partial charge is 0.0619 e. The van der Waals surface area contributed by atoms with Crippen molar-refractivity contribution in [1.29, 1.82) is 0 Å². The molecule has 0 saturated heterocycles. The van der Waals surface area contributed by atoms with E-state index in [2.05, 4.69) is 183 Å². The van der Waals surface area contributed by atoms with Crippen molar-refractivity contribution in [2.75, 3.05) is 9.80 Å². The molecular formula is C44H40N2. The van der Waals surface area contributed by atoms with Crippen molar-refractivity contribution < 1.29 is 0 Å². The first kappa shape index (κ1) is 29.4. The van der Waals surface area contributed by atoms with Crippen molar-refractivity contribution in [3.63, 3.8) is 0 Å². The van der Waals surface area contributed by atoms with E-state index in [0.29, 0.717) is 0 Å². The lowest BCUT2D eigenvalue weighted by Crippen LogP contribution is -2.14. The van der Waals surface area contributed by atoms with E-state index in [1.54, 1.807) is 0 Å². The number of hydrogen-bond donors (Lipinski definition) is 0. The third-order valence-electron chi connectivity index (χ3n) is 9.11. The van der Waals surface area contributed by atoms with E-state index in [4.69, 9.17) is 0 Å². The minimum atomic E-state index is 1.01. The first-order chi connectivity index (χ1) is 22.6. The number of nitrogens with zero attached hydrogens (tertiary/aromatic N) is 2. The summed E-state index contributed by atoms with van der Waals surface area (Å²) in [5, 5.41) is 4.83. The van der Waals surface area contributed by atoms with Gasteiger partial charge in [0.15, 0.2) is 0 Å². The van der Waals surface area contributed by atoms with Crippen LogP contribution in [-0.4, -0.2) is 0 Å². The Labute approximate surface area is 273 Å². The van der Waals surface area contributed by atoms with Gasteiger partial charge in [-0.25, -0.2) is 0 Å². The van der Waals surface area contributed by atoms with E-state index in [1.165, 1.54) is 55.2 Å². The molecule has 0 radical (unpaired) electrons. The molecule has 0 N–H and O–H groups in total. The molecule has 2 heteroatoms. The molecule has 0 spiro atoms. The summed E-state index contributed by atoms with van der Waals surface area (Å²) >= 11 is 0. The molecule has 0 aliphatic heterocycles. The van der Waals surface area contributed by atoms with Crippen LogP contribution in [0.3, 0.4) is 0 Å². The second-order valence-corrected chi connectivity index (χ2v) is 12.2. The highest BCUT2D eigenvalue weighted by atomic mass is 15.2. The summed E-state index contributed by atoms with van der Waals surface area (Å²) in [5.74, 6) is 0. The Morgan fingerprint density at radius 1 is 0.348 bits per heavy atom. The van der Waals surface area contributed by atoms with Crippen molar-refractivity contribution in [3.8, 4) is 0 Å². The average Bonchev–Trinajstić information content (AvgIpc) is 3.11. The predicted molar refractivity (Wildman–Crippen MR) is 199 cm³/mol. The fraction of sp³-hybridized carbons (Fsp3) is 0.136. The van der Waals surface area contributed by atoms with Gasteiger partial charge in [-0.2, -0.15) is 0 Å². The second kappa shape index (κ2) is 12.6. The van der Waals surface area contributed by atoms with Crippen molar-refractivity contribution in [3.05, 3.63) is 168 Å². The molecule has 0 aliphatic rings. The van der Waals surface area contributed by atoms with Crippen LogP contribution >= 0.6 is 0 Å². The molecule has 0 aromatic heterocycles. The van der Waals surface area contributed by atoms with Gasteiger partial charge >= 0.3 is 0 Å². The predicted octanol–water partition coefficient (Wildman–Crippen LogP) is 12.7. The summed E-state index contributed by atoms with van der Waals surface area (Å²) in [6.45, 7) is 8.72. The van der Waals surface area contributed by atoms with E-state index in [-0.39, 0.29) is 0 Å². The highest BCUT2D eigenvalue weighted by Crippen LogP contribution is 2.50. The molecule has 0 heterocycles. The highest BCUT2D eigenvalue weighted by molar-refractivity contribution is 6.23. The van der Waals surface area contributed by atoms with E-state index in [1.807, 2.05) is 0 Å². The molecule has 0 atom stereocenters.